The Kier molecular flexibility index (Phi) is 4.23. The molecule has 1 aromatic carbocycles. The van der Waals surface area contributed by atoms with Gasteiger partial charge in [-0.2, -0.15) is 0 Å². The lowest BCUT2D eigenvalue weighted by Gasteiger charge is -2.31. The van der Waals surface area contributed by atoms with Crippen LogP contribution in [-0.4, -0.2) is 17.8 Å². The van der Waals surface area contributed by atoms with E-state index in [2.05, 4.69) is 21.2 Å². The molecule has 1 saturated heterocycles. The number of hydrogen-bond acceptors (Lipinski definition) is 3. The van der Waals surface area contributed by atoms with Gasteiger partial charge in [0.15, 0.2) is 0 Å². The first-order valence-electron chi connectivity index (χ1n) is 6.41. The van der Waals surface area contributed by atoms with Gasteiger partial charge in [0.1, 0.15) is 5.92 Å². The van der Waals surface area contributed by atoms with Crippen molar-refractivity contribution in [1.29, 1.82) is 0 Å². The number of barbiturate groups is 1. The predicted molar refractivity (Wildman–Crippen MR) is 78.3 cm³/mol. The second-order valence-electron chi connectivity index (χ2n) is 4.69. The molecule has 1 heterocycles. The average Bonchev–Trinajstić information content (AvgIpc) is 2.39. The molecule has 1 aromatic rings. The molecule has 1 unspecified atom stereocenters. The number of carbonyl (C=O) groups excluding carboxylic acids is 3. The van der Waals surface area contributed by atoms with Crippen LogP contribution in [0.25, 0.3) is 0 Å². The molecule has 1 fully saturated rings. The number of rotatable bonds is 3. The smallest absolute Gasteiger partial charge is 0.277 e. The van der Waals surface area contributed by atoms with Crippen LogP contribution in [0, 0.1) is 12.8 Å². The zero-order valence-electron chi connectivity index (χ0n) is 11.3. The van der Waals surface area contributed by atoms with Crippen molar-refractivity contribution < 1.29 is 14.4 Å². The fourth-order valence-corrected chi connectivity index (χ4v) is 2.58. The van der Waals surface area contributed by atoms with Gasteiger partial charge in [-0.1, -0.05) is 35.3 Å². The molecule has 20 heavy (non-hydrogen) atoms. The number of halogens is 1. The molecule has 1 N–H and O–H groups in total. The van der Waals surface area contributed by atoms with Crippen molar-refractivity contribution in [3.63, 3.8) is 0 Å². The van der Waals surface area contributed by atoms with Gasteiger partial charge in [0.25, 0.3) is 0 Å². The van der Waals surface area contributed by atoms with Gasteiger partial charge >= 0.3 is 6.03 Å². The first kappa shape index (κ1) is 14.7. The lowest BCUT2D eigenvalue weighted by atomic mass is 9.98. The minimum atomic E-state index is -0.795. The second-order valence-corrected chi connectivity index (χ2v) is 5.55. The highest BCUT2D eigenvalue weighted by Gasteiger charge is 2.41. The number of imide groups is 2. The Bertz CT molecular complexity index is 586. The van der Waals surface area contributed by atoms with Gasteiger partial charge < -0.3 is 0 Å². The molecule has 0 aromatic heterocycles. The minimum Gasteiger partial charge on any atom is -0.277 e. The van der Waals surface area contributed by atoms with Gasteiger partial charge in [0.2, 0.25) is 11.8 Å². The van der Waals surface area contributed by atoms with E-state index < -0.39 is 23.8 Å². The Morgan fingerprint density at radius 3 is 2.65 bits per heavy atom. The maximum Gasteiger partial charge on any atom is 0.335 e. The molecule has 1 atom stereocenters. The fourth-order valence-electron chi connectivity index (χ4n) is 2.23. The summed E-state index contributed by atoms with van der Waals surface area (Å²) in [5.74, 6) is -1.76. The Balaban J connectivity index is 2.44. The molecular formula is C14H15BrN2O3. The van der Waals surface area contributed by atoms with Gasteiger partial charge in [-0.05, 0) is 31.0 Å². The maximum atomic E-state index is 12.4. The summed E-state index contributed by atoms with van der Waals surface area (Å²) in [7, 11) is 0. The first-order valence-corrected chi connectivity index (χ1v) is 7.20. The van der Waals surface area contributed by atoms with Crippen LogP contribution in [0.5, 0.6) is 0 Å². The van der Waals surface area contributed by atoms with Crippen molar-refractivity contribution in [3.05, 3.63) is 28.2 Å². The van der Waals surface area contributed by atoms with E-state index in [4.69, 9.17) is 0 Å². The molecule has 1 aliphatic heterocycles. The molecular weight excluding hydrogens is 324 g/mol. The van der Waals surface area contributed by atoms with Crippen molar-refractivity contribution in [3.8, 4) is 0 Å². The lowest BCUT2D eigenvalue weighted by molar-refractivity contribution is -0.134. The standard InChI is InChI=1S/C14H15BrN2O3/c1-3-5-9-12(18)16-14(20)17(13(9)19)11-7-4-6-10(15)8(11)2/h4,6-7,9H,3,5H2,1-2H3,(H,16,18,20). The van der Waals surface area contributed by atoms with Gasteiger partial charge in [-0.3, -0.25) is 14.9 Å². The van der Waals surface area contributed by atoms with E-state index in [0.717, 1.165) is 14.9 Å². The summed E-state index contributed by atoms with van der Waals surface area (Å²) in [5.41, 5.74) is 1.27. The Hall–Kier alpha value is -1.69. The molecule has 5 nitrogen and oxygen atoms in total. The summed E-state index contributed by atoms with van der Waals surface area (Å²) >= 11 is 3.37. The van der Waals surface area contributed by atoms with Crippen LogP contribution in [0.15, 0.2) is 22.7 Å². The molecule has 1 aliphatic rings. The van der Waals surface area contributed by atoms with E-state index in [1.54, 1.807) is 12.1 Å². The number of urea groups is 1. The number of nitrogens with one attached hydrogen (secondary N) is 1. The third-order valence-corrected chi connectivity index (χ3v) is 4.18. The quantitative estimate of drug-likeness (QED) is 0.861. The molecule has 4 amide bonds. The van der Waals surface area contributed by atoms with Crippen LogP contribution in [0.3, 0.4) is 0 Å². The maximum absolute atomic E-state index is 12.4. The zero-order chi connectivity index (χ0) is 14.9. The Labute approximate surface area is 125 Å². The van der Waals surface area contributed by atoms with E-state index in [1.165, 1.54) is 0 Å². The van der Waals surface area contributed by atoms with Crippen molar-refractivity contribution in [1.82, 2.24) is 5.32 Å². The zero-order valence-corrected chi connectivity index (χ0v) is 12.9. The number of carbonyl (C=O) groups is 3. The van der Waals surface area contributed by atoms with Crippen LogP contribution in [0.4, 0.5) is 10.5 Å². The summed E-state index contributed by atoms with van der Waals surface area (Å²) in [6, 6.07) is 4.59. The van der Waals surface area contributed by atoms with Crippen molar-refractivity contribution in [2.45, 2.75) is 26.7 Å². The van der Waals surface area contributed by atoms with Crippen LogP contribution >= 0.6 is 15.9 Å². The van der Waals surface area contributed by atoms with Crippen molar-refractivity contribution >= 4 is 39.5 Å². The van der Waals surface area contributed by atoms with Crippen molar-refractivity contribution in [2.75, 3.05) is 4.90 Å². The van der Waals surface area contributed by atoms with Crippen LogP contribution in [0.2, 0.25) is 0 Å². The SMILES string of the molecule is CCCC1C(=O)NC(=O)N(c2cccc(Br)c2C)C1=O. The molecule has 0 radical (unpaired) electrons. The third kappa shape index (κ3) is 2.47. The highest BCUT2D eigenvalue weighted by molar-refractivity contribution is 9.10. The van der Waals surface area contributed by atoms with Crippen LogP contribution in [-0.2, 0) is 9.59 Å². The molecule has 0 bridgehead atoms. The molecule has 0 aliphatic carbocycles. The normalized spacial score (nSPS) is 19.2. The van der Waals surface area contributed by atoms with Crippen LogP contribution in [0.1, 0.15) is 25.3 Å². The molecule has 6 heteroatoms. The molecule has 106 valence electrons. The average molecular weight is 339 g/mol. The lowest BCUT2D eigenvalue weighted by Crippen LogP contribution is -2.58. The highest BCUT2D eigenvalue weighted by Crippen LogP contribution is 2.30. The molecule has 2 rings (SSSR count). The summed E-state index contributed by atoms with van der Waals surface area (Å²) in [6.45, 7) is 3.71. The van der Waals surface area contributed by atoms with E-state index in [0.29, 0.717) is 18.5 Å². The van der Waals surface area contributed by atoms with E-state index in [1.807, 2.05) is 19.9 Å². The monoisotopic (exact) mass is 338 g/mol. The van der Waals surface area contributed by atoms with Crippen LogP contribution < -0.4 is 10.2 Å². The Morgan fingerprint density at radius 2 is 2.00 bits per heavy atom. The number of amides is 4. The number of anilines is 1. The summed E-state index contributed by atoms with van der Waals surface area (Å²) in [6.07, 6.45) is 1.13. The topological polar surface area (TPSA) is 66.5 Å². The van der Waals surface area contributed by atoms with Gasteiger partial charge in [-0.25, -0.2) is 9.69 Å². The number of nitrogens with zero attached hydrogens (tertiary/aromatic N) is 1. The number of benzene rings is 1. The van der Waals surface area contributed by atoms with Crippen molar-refractivity contribution in [2.24, 2.45) is 5.92 Å². The Morgan fingerprint density at radius 1 is 1.30 bits per heavy atom. The summed E-state index contributed by atoms with van der Waals surface area (Å²) in [5, 5.41) is 2.25. The highest BCUT2D eigenvalue weighted by atomic mass is 79.9. The van der Waals surface area contributed by atoms with E-state index in [-0.39, 0.29) is 0 Å². The predicted octanol–water partition coefficient (Wildman–Crippen LogP) is 2.76. The van der Waals surface area contributed by atoms with Gasteiger partial charge in [-0.15, -0.1) is 0 Å². The summed E-state index contributed by atoms with van der Waals surface area (Å²) < 4.78 is 0.805. The molecule has 0 spiro atoms. The fraction of sp³-hybridized carbons (Fsp3) is 0.357. The van der Waals surface area contributed by atoms with Gasteiger partial charge in [0.05, 0.1) is 5.69 Å². The largest absolute Gasteiger partial charge is 0.335 e. The van der Waals surface area contributed by atoms with E-state index in [9.17, 15) is 14.4 Å². The number of hydrogen-bond donors (Lipinski definition) is 1. The summed E-state index contributed by atoms with van der Waals surface area (Å²) in [4.78, 5) is 37.2. The third-order valence-electron chi connectivity index (χ3n) is 3.33. The van der Waals surface area contributed by atoms with Gasteiger partial charge in [0, 0.05) is 4.47 Å². The molecule has 0 saturated carbocycles. The second kappa shape index (κ2) is 5.75. The van der Waals surface area contributed by atoms with E-state index >= 15 is 0 Å². The minimum absolute atomic E-state index is 0.432. The first-order chi connectivity index (χ1) is 9.47.